The van der Waals surface area contributed by atoms with Crippen LogP contribution in [-0.4, -0.2) is 19.9 Å². The van der Waals surface area contributed by atoms with E-state index in [4.69, 9.17) is 29.7 Å². The molecule has 0 spiro atoms. The van der Waals surface area contributed by atoms with Crippen molar-refractivity contribution in [3.63, 3.8) is 0 Å². The average molecular weight is 528 g/mol. The molecule has 0 fully saturated rings. The molecule has 0 aliphatic heterocycles. The van der Waals surface area contributed by atoms with Crippen molar-refractivity contribution in [1.82, 2.24) is 19.9 Å². The third kappa shape index (κ3) is 16.2. The fourth-order valence-electron chi connectivity index (χ4n) is 2.06. The first-order chi connectivity index (χ1) is 15.3. The summed E-state index contributed by atoms with van der Waals surface area (Å²) >= 11 is 0. The van der Waals surface area contributed by atoms with Crippen LogP contribution in [0.3, 0.4) is 0 Å². The van der Waals surface area contributed by atoms with Crippen molar-refractivity contribution in [3.8, 4) is 22.8 Å². The smallest absolute Gasteiger partial charge is 0.457 e. The molecular formula is C20H19ClMnN7O5+. The Morgan fingerprint density at radius 1 is 0.529 bits per heavy atom. The van der Waals surface area contributed by atoms with Crippen molar-refractivity contribution in [1.29, 1.82) is 0 Å². The summed E-state index contributed by atoms with van der Waals surface area (Å²) in [5.41, 5.74) is 17.2. The number of aromatic nitrogens is 4. The Kier molecular flexibility index (Phi) is 18.3. The van der Waals surface area contributed by atoms with Crippen molar-refractivity contribution in [2.24, 2.45) is 0 Å². The molecule has 4 heterocycles. The van der Waals surface area contributed by atoms with Crippen LogP contribution < -0.4 is 18.6 Å². The number of pyridine rings is 4. The molecule has 34 heavy (non-hydrogen) atoms. The molecule has 4 rings (SSSR count). The summed E-state index contributed by atoms with van der Waals surface area (Å²) in [7, 11) is -4.94. The van der Waals surface area contributed by atoms with Crippen LogP contribution in [0.25, 0.3) is 38.7 Å². The number of hydrogen-bond donors (Lipinski definition) is 0. The summed E-state index contributed by atoms with van der Waals surface area (Å²) in [4.78, 5) is 18.2. The fourth-order valence-corrected chi connectivity index (χ4v) is 2.06. The number of rotatable bonds is 2. The van der Waals surface area contributed by atoms with Crippen LogP contribution in [0.15, 0.2) is 97.6 Å². The van der Waals surface area contributed by atoms with Crippen LogP contribution in [0.5, 0.6) is 0 Å². The minimum atomic E-state index is -4.94. The van der Waals surface area contributed by atoms with Gasteiger partial charge in [-0.1, -0.05) is 24.3 Å². The zero-order valence-corrected chi connectivity index (χ0v) is 19.3. The predicted molar refractivity (Wildman–Crippen MR) is 110 cm³/mol. The Morgan fingerprint density at radius 3 is 0.824 bits per heavy atom. The van der Waals surface area contributed by atoms with Crippen LogP contribution >= 0.6 is 0 Å². The van der Waals surface area contributed by atoms with Gasteiger partial charge in [0.05, 0.1) is 22.8 Å². The van der Waals surface area contributed by atoms with Gasteiger partial charge in [0.1, 0.15) is 0 Å². The van der Waals surface area contributed by atoms with E-state index in [1.54, 1.807) is 24.8 Å². The second-order valence-corrected chi connectivity index (χ2v) is 6.08. The Morgan fingerprint density at radius 2 is 0.706 bits per heavy atom. The van der Waals surface area contributed by atoms with E-state index < -0.39 is 10.2 Å². The van der Waals surface area contributed by atoms with Gasteiger partial charge in [-0.25, -0.2) is 18.6 Å². The summed E-state index contributed by atoms with van der Waals surface area (Å²) in [6.07, 6.45) is 7.07. The van der Waals surface area contributed by atoms with E-state index in [-0.39, 0.29) is 22.5 Å². The van der Waals surface area contributed by atoms with Crippen LogP contribution in [0.2, 0.25) is 0 Å². The van der Waals surface area contributed by atoms with Gasteiger partial charge in [0, 0.05) is 24.8 Å². The summed E-state index contributed by atoms with van der Waals surface area (Å²) in [6.45, 7) is 0. The quantitative estimate of drug-likeness (QED) is 0.108. The molecule has 0 atom stereocenters. The molecule has 0 saturated heterocycles. The van der Waals surface area contributed by atoms with Gasteiger partial charge >= 0.3 is 17.1 Å². The van der Waals surface area contributed by atoms with E-state index in [1.807, 2.05) is 72.8 Å². The van der Waals surface area contributed by atoms with E-state index >= 15 is 0 Å². The topological polar surface area (TPSA) is 235 Å². The summed E-state index contributed by atoms with van der Waals surface area (Å²) < 4.78 is 34.0. The van der Waals surface area contributed by atoms with E-state index in [9.17, 15) is 0 Å². The van der Waals surface area contributed by atoms with Crippen LogP contribution in [0.1, 0.15) is 0 Å². The van der Waals surface area contributed by atoms with Gasteiger partial charge in [0.15, 0.2) is 0 Å². The maximum absolute atomic E-state index is 8.49. The van der Waals surface area contributed by atoms with E-state index in [0.717, 1.165) is 22.8 Å². The van der Waals surface area contributed by atoms with Crippen molar-refractivity contribution in [2.75, 3.05) is 0 Å². The Hall–Kier alpha value is -3.48. The van der Waals surface area contributed by atoms with Gasteiger partial charge in [0.2, 0.25) is 0 Å². The van der Waals surface area contributed by atoms with Crippen LogP contribution in [0, 0.1) is 10.2 Å². The molecule has 0 aliphatic carbocycles. The third-order valence-electron chi connectivity index (χ3n) is 3.18. The van der Waals surface area contributed by atoms with Crippen molar-refractivity contribution in [3.05, 3.63) is 114 Å². The summed E-state index contributed by atoms with van der Waals surface area (Å²) in [5, 5.41) is 0. The number of halogens is 1. The van der Waals surface area contributed by atoms with Gasteiger partial charge in [0.25, 0.3) is 0 Å². The van der Waals surface area contributed by atoms with Gasteiger partial charge in [-0.15, -0.1) is 10.2 Å². The molecule has 177 valence electrons. The first-order valence-corrected chi connectivity index (χ1v) is 9.83. The standard InChI is InChI=1S/2C10H8N2.ClHO4.Mn.N3.H2O/c2*1-3-7-11-9(5-1)10-6-2-4-8-12-10;2-1(3,4)5;;1-3-2;/h2*1-8H;(H,2,3,4,5);;;1H2/q;;;+2;-1;. The molecule has 0 aromatic carbocycles. The second-order valence-electron chi connectivity index (χ2n) is 5.33. The van der Waals surface area contributed by atoms with E-state index in [2.05, 4.69) is 19.9 Å². The zero-order valence-electron chi connectivity index (χ0n) is 17.3. The Labute approximate surface area is 207 Å². The molecule has 4 aromatic rings. The normalized spacial score (nSPS) is 8.82. The molecule has 0 amide bonds. The number of hydrogen-bond acceptors (Lipinski definition) is 8. The van der Waals surface area contributed by atoms with Crippen molar-refractivity contribution >= 4 is 0 Å². The van der Waals surface area contributed by atoms with Crippen LogP contribution in [0.4, 0.5) is 0 Å². The van der Waals surface area contributed by atoms with Crippen LogP contribution in [-0.2, 0) is 22.5 Å². The summed E-state index contributed by atoms with van der Waals surface area (Å²) in [5.74, 6) is 0. The van der Waals surface area contributed by atoms with Crippen molar-refractivity contribution in [2.45, 2.75) is 0 Å². The number of nitrogens with zero attached hydrogens (tertiary/aromatic N) is 7. The predicted octanol–water partition coefficient (Wildman–Crippen LogP) is -0.527. The monoisotopic (exact) mass is 527 g/mol. The molecule has 1 radical (unpaired) electrons. The van der Waals surface area contributed by atoms with Gasteiger partial charge in [-0.3, -0.25) is 24.8 Å². The van der Waals surface area contributed by atoms with E-state index in [1.165, 1.54) is 4.91 Å². The van der Waals surface area contributed by atoms with Gasteiger partial charge in [-0.2, -0.15) is 0 Å². The largest absolute Gasteiger partial charge is 2.00 e. The molecule has 0 saturated carbocycles. The molecule has 14 heteroatoms. The minimum absolute atomic E-state index is 0. The molecule has 3 N–H and O–H groups in total. The molecule has 0 bridgehead atoms. The molecular weight excluding hydrogens is 509 g/mol. The summed E-state index contributed by atoms with van der Waals surface area (Å²) in [6, 6.07) is 23.2. The van der Waals surface area contributed by atoms with Crippen molar-refractivity contribution < 1.29 is 51.4 Å². The van der Waals surface area contributed by atoms with Gasteiger partial charge in [-0.05, 0) is 48.5 Å². The molecule has 0 unspecified atom stereocenters. The molecule has 4 aromatic heterocycles. The average Bonchev–Trinajstić information content (AvgIpc) is 2.81. The molecule has 12 nitrogen and oxygen atoms in total. The SMILES string of the molecule is [Mn+2].[N-]=[N+]=[N-].[O-][Cl+3]([O-])([O-])[O-].[OH3+].c1ccc(-c2ccccn2)nc1.c1ccc(-c2ccccn2)nc1. The zero-order chi connectivity index (χ0) is 23.7. The van der Waals surface area contributed by atoms with E-state index in [0.29, 0.717) is 0 Å². The fraction of sp³-hybridized carbons (Fsp3) is 0. The maximum Gasteiger partial charge on any atom is 2.00 e. The first kappa shape index (κ1) is 32.7. The maximum atomic E-state index is 8.49. The second kappa shape index (κ2) is 19.0. The Balaban J connectivity index is 0. The van der Waals surface area contributed by atoms with Gasteiger partial charge < -0.3 is 16.5 Å². The minimum Gasteiger partial charge on any atom is -0.457 e. The first-order valence-electron chi connectivity index (χ1n) is 8.60. The molecule has 0 aliphatic rings. The Bertz CT molecular complexity index is 886. The third-order valence-corrected chi connectivity index (χ3v) is 3.18.